The van der Waals surface area contributed by atoms with E-state index in [1.807, 2.05) is 53.3 Å². The molecule has 2 heterocycles. The van der Waals surface area contributed by atoms with E-state index in [9.17, 15) is 5.11 Å². The number of aliphatic hydroxyl groups is 1. The summed E-state index contributed by atoms with van der Waals surface area (Å²) in [5.41, 5.74) is 1.65. The normalized spacial score (nSPS) is 19.4. The van der Waals surface area contributed by atoms with Crippen LogP contribution in [0.4, 0.5) is 0 Å². The predicted molar refractivity (Wildman–Crippen MR) is 125 cm³/mol. The van der Waals surface area contributed by atoms with Crippen LogP contribution >= 0.6 is 0 Å². The Hall–Kier alpha value is -2.83. The monoisotopic (exact) mass is 435 g/mol. The van der Waals surface area contributed by atoms with Gasteiger partial charge in [-0.1, -0.05) is 29.8 Å². The van der Waals surface area contributed by atoms with Crippen molar-refractivity contribution in [3.8, 4) is 11.5 Å². The molecule has 0 aliphatic carbocycles. The van der Waals surface area contributed by atoms with E-state index < -0.39 is 5.60 Å². The van der Waals surface area contributed by atoms with Crippen molar-refractivity contribution in [1.82, 2.24) is 14.7 Å². The molecule has 0 unspecified atom stereocenters. The van der Waals surface area contributed by atoms with Crippen LogP contribution in [0.1, 0.15) is 30.4 Å². The molecule has 32 heavy (non-hydrogen) atoms. The summed E-state index contributed by atoms with van der Waals surface area (Å²) in [5, 5.41) is 15.3. The zero-order valence-electron chi connectivity index (χ0n) is 18.8. The first kappa shape index (κ1) is 22.4. The minimum Gasteiger partial charge on any atom is -0.492 e. The van der Waals surface area contributed by atoms with Gasteiger partial charge in [0.15, 0.2) is 0 Å². The zero-order valence-corrected chi connectivity index (χ0v) is 18.8. The van der Waals surface area contributed by atoms with Crippen LogP contribution in [-0.4, -0.2) is 51.7 Å². The lowest BCUT2D eigenvalue weighted by atomic mass is 9.96. The van der Waals surface area contributed by atoms with Gasteiger partial charge >= 0.3 is 0 Å². The summed E-state index contributed by atoms with van der Waals surface area (Å²) in [6, 6.07) is 18.2. The molecule has 1 fully saturated rings. The topological polar surface area (TPSA) is 59.8 Å². The average molecular weight is 436 g/mol. The summed E-state index contributed by atoms with van der Waals surface area (Å²) >= 11 is 0. The predicted octanol–water partition coefficient (Wildman–Crippen LogP) is 4.07. The highest BCUT2D eigenvalue weighted by molar-refractivity contribution is 5.28. The van der Waals surface area contributed by atoms with E-state index >= 15 is 0 Å². The Bertz CT molecular complexity index is 959. The van der Waals surface area contributed by atoms with Crippen molar-refractivity contribution < 1.29 is 14.6 Å². The SMILES string of the molecule is Cc1ccc(OC[C@]2(O)CCCN(Cc3cccc(OCCn4cccn4)c3)CC2)cc1. The molecule has 4 rings (SSSR count). The van der Waals surface area contributed by atoms with Crippen molar-refractivity contribution in [2.45, 2.75) is 44.9 Å². The van der Waals surface area contributed by atoms with Crippen LogP contribution in [0, 0.1) is 6.92 Å². The third-order valence-corrected chi connectivity index (χ3v) is 5.99. The van der Waals surface area contributed by atoms with Gasteiger partial charge in [0, 0.05) is 25.5 Å². The van der Waals surface area contributed by atoms with E-state index in [4.69, 9.17) is 9.47 Å². The molecule has 3 aromatic rings. The molecule has 0 radical (unpaired) electrons. The summed E-state index contributed by atoms with van der Waals surface area (Å²) in [6.07, 6.45) is 6.13. The fraction of sp³-hybridized carbons (Fsp3) is 0.423. The van der Waals surface area contributed by atoms with Crippen molar-refractivity contribution in [3.05, 3.63) is 78.1 Å². The minimum atomic E-state index is -0.781. The van der Waals surface area contributed by atoms with Crippen LogP contribution in [0.5, 0.6) is 11.5 Å². The number of aromatic nitrogens is 2. The van der Waals surface area contributed by atoms with Gasteiger partial charge in [-0.2, -0.15) is 5.10 Å². The molecule has 1 aromatic heterocycles. The molecule has 0 saturated carbocycles. The Morgan fingerprint density at radius 2 is 1.88 bits per heavy atom. The van der Waals surface area contributed by atoms with Gasteiger partial charge in [0.05, 0.1) is 12.1 Å². The highest BCUT2D eigenvalue weighted by atomic mass is 16.5. The number of aryl methyl sites for hydroxylation is 1. The van der Waals surface area contributed by atoms with E-state index in [0.717, 1.165) is 50.5 Å². The Balaban J connectivity index is 1.25. The highest BCUT2D eigenvalue weighted by Gasteiger charge is 2.31. The molecule has 1 atom stereocenters. The summed E-state index contributed by atoms with van der Waals surface area (Å²) in [6.45, 7) is 6.37. The van der Waals surface area contributed by atoms with Crippen LogP contribution in [0.25, 0.3) is 0 Å². The Morgan fingerprint density at radius 1 is 1.00 bits per heavy atom. The number of hydrogen-bond acceptors (Lipinski definition) is 5. The van der Waals surface area contributed by atoms with Crippen molar-refractivity contribution >= 4 is 0 Å². The molecular formula is C26H33N3O3. The smallest absolute Gasteiger partial charge is 0.119 e. The third-order valence-electron chi connectivity index (χ3n) is 5.99. The van der Waals surface area contributed by atoms with E-state index in [2.05, 4.69) is 29.1 Å². The van der Waals surface area contributed by atoms with Crippen molar-refractivity contribution in [1.29, 1.82) is 0 Å². The first-order chi connectivity index (χ1) is 15.6. The second-order valence-electron chi connectivity index (χ2n) is 8.72. The van der Waals surface area contributed by atoms with Crippen LogP contribution in [-0.2, 0) is 13.1 Å². The molecule has 0 amide bonds. The summed E-state index contributed by atoms with van der Waals surface area (Å²) in [4.78, 5) is 2.41. The largest absolute Gasteiger partial charge is 0.492 e. The number of likely N-dealkylation sites (tertiary alicyclic amines) is 1. The molecule has 170 valence electrons. The number of ether oxygens (including phenoxy) is 2. The zero-order chi connectivity index (χ0) is 22.2. The van der Waals surface area contributed by atoms with Crippen molar-refractivity contribution in [2.75, 3.05) is 26.3 Å². The molecule has 1 aliphatic heterocycles. The van der Waals surface area contributed by atoms with Gasteiger partial charge in [-0.05, 0) is 68.6 Å². The van der Waals surface area contributed by atoms with Gasteiger partial charge in [0.1, 0.15) is 24.7 Å². The molecular weight excluding hydrogens is 402 g/mol. The van der Waals surface area contributed by atoms with Crippen LogP contribution in [0.3, 0.4) is 0 Å². The van der Waals surface area contributed by atoms with Gasteiger partial charge in [0.25, 0.3) is 0 Å². The van der Waals surface area contributed by atoms with E-state index in [-0.39, 0.29) is 0 Å². The van der Waals surface area contributed by atoms with Gasteiger partial charge in [-0.25, -0.2) is 0 Å². The summed E-state index contributed by atoms with van der Waals surface area (Å²) in [7, 11) is 0. The van der Waals surface area contributed by atoms with E-state index in [1.165, 1.54) is 11.1 Å². The van der Waals surface area contributed by atoms with Crippen LogP contribution in [0.2, 0.25) is 0 Å². The minimum absolute atomic E-state index is 0.337. The quantitative estimate of drug-likeness (QED) is 0.549. The molecule has 0 bridgehead atoms. The molecule has 6 heteroatoms. The van der Waals surface area contributed by atoms with Gasteiger partial charge < -0.3 is 14.6 Å². The van der Waals surface area contributed by atoms with Crippen molar-refractivity contribution in [3.63, 3.8) is 0 Å². The van der Waals surface area contributed by atoms with Crippen LogP contribution < -0.4 is 9.47 Å². The van der Waals surface area contributed by atoms with Crippen molar-refractivity contribution in [2.24, 2.45) is 0 Å². The number of benzene rings is 2. The second-order valence-corrected chi connectivity index (χ2v) is 8.72. The fourth-order valence-electron chi connectivity index (χ4n) is 4.07. The average Bonchev–Trinajstić information content (AvgIpc) is 3.24. The lowest BCUT2D eigenvalue weighted by molar-refractivity contribution is -0.0168. The maximum absolute atomic E-state index is 11.1. The maximum atomic E-state index is 11.1. The van der Waals surface area contributed by atoms with Gasteiger partial charge in [-0.3, -0.25) is 9.58 Å². The summed E-state index contributed by atoms with van der Waals surface area (Å²) in [5.74, 6) is 1.70. The Kier molecular flexibility index (Phi) is 7.45. The van der Waals surface area contributed by atoms with Gasteiger partial charge in [0.2, 0.25) is 0 Å². The first-order valence-corrected chi connectivity index (χ1v) is 11.4. The lowest BCUT2D eigenvalue weighted by Crippen LogP contribution is -2.37. The maximum Gasteiger partial charge on any atom is 0.119 e. The molecule has 2 aromatic carbocycles. The Labute approximate surface area is 190 Å². The molecule has 6 nitrogen and oxygen atoms in total. The second kappa shape index (κ2) is 10.7. The van der Waals surface area contributed by atoms with Gasteiger partial charge in [-0.15, -0.1) is 0 Å². The standard InChI is InChI=1S/C26H33N3O3/c1-22-7-9-24(10-8-22)32-21-26(30)11-3-14-28(16-12-26)20-23-5-2-6-25(19-23)31-18-17-29-15-4-13-27-29/h2,4-10,13,15,19,30H,3,11-12,14,16-18,20-21H2,1H3/t26-/m0/s1. The number of rotatable bonds is 9. The molecule has 1 saturated heterocycles. The fourth-order valence-corrected chi connectivity index (χ4v) is 4.07. The number of nitrogens with zero attached hydrogens (tertiary/aromatic N) is 3. The number of hydrogen-bond donors (Lipinski definition) is 1. The molecule has 1 aliphatic rings. The molecule has 1 N–H and O–H groups in total. The lowest BCUT2D eigenvalue weighted by Gasteiger charge is -2.27. The summed E-state index contributed by atoms with van der Waals surface area (Å²) < 4.78 is 13.7. The Morgan fingerprint density at radius 3 is 2.69 bits per heavy atom. The first-order valence-electron chi connectivity index (χ1n) is 11.4. The van der Waals surface area contributed by atoms with E-state index in [1.54, 1.807) is 6.20 Å². The molecule has 0 spiro atoms. The van der Waals surface area contributed by atoms with Crippen LogP contribution in [0.15, 0.2) is 67.0 Å². The third kappa shape index (κ3) is 6.58. The van der Waals surface area contributed by atoms with E-state index in [0.29, 0.717) is 19.6 Å². The highest BCUT2D eigenvalue weighted by Crippen LogP contribution is 2.25.